The Balaban J connectivity index is 2.58. The topological polar surface area (TPSA) is 76.7 Å². The molecule has 0 aromatic heterocycles. The van der Waals surface area contributed by atoms with Crippen LogP contribution < -0.4 is 15.4 Å². The molecule has 22 heavy (non-hydrogen) atoms. The molecule has 0 radical (unpaired) electrons. The third kappa shape index (κ3) is 5.27. The lowest BCUT2D eigenvalue weighted by molar-refractivity contribution is -0.144. The van der Waals surface area contributed by atoms with Gasteiger partial charge in [-0.2, -0.15) is 0 Å². The second kappa shape index (κ2) is 8.92. The Bertz CT molecular complexity index is 505. The molecule has 2 N–H and O–H groups in total. The fourth-order valence-corrected chi connectivity index (χ4v) is 1.95. The number of esters is 1. The summed E-state index contributed by atoms with van der Waals surface area (Å²) in [6.45, 7) is 4.19. The van der Waals surface area contributed by atoms with Gasteiger partial charge in [0, 0.05) is 6.54 Å². The van der Waals surface area contributed by atoms with Gasteiger partial charge in [-0.3, -0.25) is 0 Å². The van der Waals surface area contributed by atoms with E-state index < -0.39 is 18.0 Å². The highest BCUT2D eigenvalue weighted by atomic mass is 16.5. The lowest BCUT2D eigenvalue weighted by atomic mass is 9.99. The first-order chi connectivity index (χ1) is 10.5. The Morgan fingerprint density at radius 3 is 2.59 bits per heavy atom. The van der Waals surface area contributed by atoms with E-state index in [1.807, 2.05) is 38.1 Å². The maximum atomic E-state index is 12.0. The van der Waals surface area contributed by atoms with E-state index in [4.69, 9.17) is 9.47 Å². The summed E-state index contributed by atoms with van der Waals surface area (Å²) < 4.78 is 9.86. The van der Waals surface area contributed by atoms with E-state index in [-0.39, 0.29) is 5.92 Å². The van der Waals surface area contributed by atoms with Gasteiger partial charge in [0.15, 0.2) is 0 Å². The molecule has 0 bridgehead atoms. The Kier molecular flexibility index (Phi) is 7.22. The molecule has 1 aromatic carbocycles. The number of hydrogen-bond acceptors (Lipinski definition) is 4. The van der Waals surface area contributed by atoms with Crippen molar-refractivity contribution in [2.75, 3.05) is 14.2 Å². The normalized spacial score (nSPS) is 12.9. The van der Waals surface area contributed by atoms with E-state index in [1.54, 1.807) is 7.11 Å². The molecule has 0 aliphatic heterocycles. The molecule has 1 aromatic rings. The molecular formula is C16H24N2O4. The lowest BCUT2D eigenvalue weighted by Gasteiger charge is -2.22. The number of ether oxygens (including phenoxy) is 2. The summed E-state index contributed by atoms with van der Waals surface area (Å²) in [4.78, 5) is 23.7. The molecule has 6 nitrogen and oxygen atoms in total. The number of urea groups is 1. The predicted octanol–water partition coefficient (Wildman–Crippen LogP) is 2.08. The molecule has 2 atom stereocenters. The molecule has 0 fully saturated rings. The first-order valence-corrected chi connectivity index (χ1v) is 7.26. The molecule has 0 saturated carbocycles. The fraction of sp³-hybridized carbons (Fsp3) is 0.500. The average molecular weight is 308 g/mol. The van der Waals surface area contributed by atoms with Gasteiger partial charge in [-0.05, 0) is 23.6 Å². The van der Waals surface area contributed by atoms with Crippen molar-refractivity contribution in [2.45, 2.75) is 32.9 Å². The molecule has 1 rings (SSSR count). The highest BCUT2D eigenvalue weighted by Crippen LogP contribution is 2.12. The molecule has 0 spiro atoms. The van der Waals surface area contributed by atoms with Gasteiger partial charge in [-0.1, -0.05) is 32.4 Å². The van der Waals surface area contributed by atoms with Crippen LogP contribution in [0.2, 0.25) is 0 Å². The maximum absolute atomic E-state index is 12.0. The largest absolute Gasteiger partial charge is 0.497 e. The minimum absolute atomic E-state index is 0.00461. The van der Waals surface area contributed by atoms with E-state index in [1.165, 1.54) is 7.11 Å². The van der Waals surface area contributed by atoms with Gasteiger partial charge in [-0.15, -0.1) is 0 Å². The number of carbonyl (C=O) groups is 2. The lowest BCUT2D eigenvalue weighted by Crippen LogP contribution is -2.49. The number of methoxy groups -OCH3 is 2. The van der Waals surface area contributed by atoms with Crippen LogP contribution in [0.5, 0.6) is 5.75 Å². The molecule has 0 heterocycles. The molecule has 122 valence electrons. The van der Waals surface area contributed by atoms with Crippen molar-refractivity contribution < 1.29 is 19.1 Å². The quantitative estimate of drug-likeness (QED) is 0.756. The molecular weight excluding hydrogens is 284 g/mol. The van der Waals surface area contributed by atoms with Gasteiger partial charge >= 0.3 is 12.0 Å². The third-order valence-corrected chi connectivity index (χ3v) is 3.54. The van der Waals surface area contributed by atoms with E-state index in [0.717, 1.165) is 17.7 Å². The van der Waals surface area contributed by atoms with Crippen molar-refractivity contribution in [1.29, 1.82) is 0 Å². The second-order valence-electron chi connectivity index (χ2n) is 5.06. The number of amides is 2. The first-order valence-electron chi connectivity index (χ1n) is 7.26. The minimum Gasteiger partial charge on any atom is -0.497 e. The molecule has 0 aliphatic carbocycles. The summed E-state index contributed by atoms with van der Waals surface area (Å²) in [5.74, 6) is 0.285. The Hall–Kier alpha value is -2.24. The van der Waals surface area contributed by atoms with Crippen LogP contribution >= 0.6 is 0 Å². The molecule has 0 aliphatic rings. The zero-order valence-electron chi connectivity index (χ0n) is 13.5. The van der Waals surface area contributed by atoms with Crippen LogP contribution in [0.3, 0.4) is 0 Å². The molecule has 6 heteroatoms. The van der Waals surface area contributed by atoms with Crippen LogP contribution in [0, 0.1) is 5.92 Å². The van der Waals surface area contributed by atoms with Gasteiger partial charge in [-0.25, -0.2) is 9.59 Å². The maximum Gasteiger partial charge on any atom is 0.328 e. The second-order valence-corrected chi connectivity index (χ2v) is 5.06. The van der Waals surface area contributed by atoms with E-state index >= 15 is 0 Å². The van der Waals surface area contributed by atoms with Crippen molar-refractivity contribution >= 4 is 12.0 Å². The number of rotatable bonds is 7. The Labute approximate surface area is 131 Å². The standard InChI is InChI=1S/C16H24N2O4/c1-5-11(2)14(15(19)22-4)18-16(20)17-10-12-7-6-8-13(9-12)21-3/h6-9,11,14H,5,10H2,1-4H3,(H2,17,18,20)/t11-,14+/m1/s1. The van der Waals surface area contributed by atoms with Crippen LogP contribution in [0.1, 0.15) is 25.8 Å². The van der Waals surface area contributed by atoms with E-state index in [2.05, 4.69) is 10.6 Å². The Morgan fingerprint density at radius 1 is 1.27 bits per heavy atom. The summed E-state index contributed by atoms with van der Waals surface area (Å²) >= 11 is 0. The Morgan fingerprint density at radius 2 is 2.00 bits per heavy atom. The minimum atomic E-state index is -0.652. The fourth-order valence-electron chi connectivity index (χ4n) is 1.95. The highest BCUT2D eigenvalue weighted by Gasteiger charge is 2.26. The number of carbonyl (C=O) groups excluding carboxylic acids is 2. The van der Waals surface area contributed by atoms with Crippen molar-refractivity contribution in [3.63, 3.8) is 0 Å². The number of hydrogen-bond donors (Lipinski definition) is 2. The molecule has 2 amide bonds. The van der Waals surface area contributed by atoms with Crippen LogP contribution in [-0.2, 0) is 16.1 Å². The van der Waals surface area contributed by atoms with Gasteiger partial charge in [0.05, 0.1) is 14.2 Å². The SMILES string of the molecule is CC[C@@H](C)[C@H](NC(=O)NCc1cccc(OC)c1)C(=O)OC. The number of benzene rings is 1. The summed E-state index contributed by atoms with van der Waals surface area (Å²) in [5, 5.41) is 5.39. The highest BCUT2D eigenvalue weighted by molar-refractivity contribution is 5.83. The van der Waals surface area contributed by atoms with Crippen molar-refractivity contribution in [1.82, 2.24) is 10.6 Å². The zero-order valence-corrected chi connectivity index (χ0v) is 13.5. The van der Waals surface area contributed by atoms with Crippen molar-refractivity contribution in [3.8, 4) is 5.75 Å². The van der Waals surface area contributed by atoms with E-state index in [0.29, 0.717) is 6.54 Å². The van der Waals surface area contributed by atoms with Gasteiger partial charge in [0.2, 0.25) is 0 Å². The van der Waals surface area contributed by atoms with Crippen molar-refractivity contribution in [2.24, 2.45) is 5.92 Å². The molecule has 0 unspecified atom stereocenters. The zero-order chi connectivity index (χ0) is 16.5. The van der Waals surface area contributed by atoms with Gasteiger partial charge in [0.1, 0.15) is 11.8 Å². The predicted molar refractivity (Wildman–Crippen MR) is 83.6 cm³/mol. The summed E-state index contributed by atoms with van der Waals surface area (Å²) in [6.07, 6.45) is 0.760. The van der Waals surface area contributed by atoms with Crippen LogP contribution in [0.25, 0.3) is 0 Å². The molecule has 0 saturated heterocycles. The number of nitrogens with one attached hydrogen (secondary N) is 2. The summed E-state index contributed by atoms with van der Waals surface area (Å²) in [5.41, 5.74) is 0.910. The van der Waals surface area contributed by atoms with Crippen LogP contribution in [0.4, 0.5) is 4.79 Å². The average Bonchev–Trinajstić information content (AvgIpc) is 2.56. The third-order valence-electron chi connectivity index (χ3n) is 3.54. The first kappa shape index (κ1) is 17.8. The van der Waals surface area contributed by atoms with Gasteiger partial charge in [0.25, 0.3) is 0 Å². The van der Waals surface area contributed by atoms with Crippen molar-refractivity contribution in [3.05, 3.63) is 29.8 Å². The van der Waals surface area contributed by atoms with Crippen LogP contribution in [-0.4, -0.2) is 32.3 Å². The monoisotopic (exact) mass is 308 g/mol. The summed E-state index contributed by atoms with van der Waals surface area (Å²) in [7, 11) is 2.90. The summed E-state index contributed by atoms with van der Waals surface area (Å²) in [6, 6.07) is 6.35. The van der Waals surface area contributed by atoms with Gasteiger partial charge < -0.3 is 20.1 Å². The van der Waals surface area contributed by atoms with E-state index in [9.17, 15) is 9.59 Å². The smallest absolute Gasteiger partial charge is 0.328 e. The van der Waals surface area contributed by atoms with Crippen LogP contribution in [0.15, 0.2) is 24.3 Å².